The van der Waals surface area contributed by atoms with Crippen LogP contribution in [0.1, 0.15) is 0 Å². The van der Waals surface area contributed by atoms with Crippen LogP contribution in [0.2, 0.25) is 0 Å². The van der Waals surface area contributed by atoms with E-state index in [1.54, 1.807) is 12.1 Å². The molecule has 1 unspecified atom stereocenters. The number of fused-ring (bicyclic) bond motifs is 1. The highest BCUT2D eigenvalue weighted by molar-refractivity contribution is 5.76. The molecule has 3 rings (SSSR count). The van der Waals surface area contributed by atoms with Crippen molar-refractivity contribution in [1.29, 1.82) is 0 Å². The summed E-state index contributed by atoms with van der Waals surface area (Å²) in [6, 6.07) is 14.8. The van der Waals surface area contributed by atoms with Crippen LogP contribution in [0.25, 0.3) is 22.6 Å². The average Bonchev–Trinajstić information content (AvgIpc) is 2.97. The predicted molar refractivity (Wildman–Crippen MR) is 78.0 cm³/mol. The molecule has 0 saturated heterocycles. The van der Waals surface area contributed by atoms with E-state index in [0.29, 0.717) is 11.6 Å². The van der Waals surface area contributed by atoms with Crippen molar-refractivity contribution in [2.75, 3.05) is 13.2 Å². The van der Waals surface area contributed by atoms with Crippen LogP contribution in [-0.4, -0.2) is 34.5 Å². The van der Waals surface area contributed by atoms with Gasteiger partial charge in [0, 0.05) is 5.56 Å². The molecule has 0 fully saturated rings. The van der Waals surface area contributed by atoms with Crippen LogP contribution in [0.15, 0.2) is 52.9 Å². The molecule has 0 aliphatic heterocycles. The summed E-state index contributed by atoms with van der Waals surface area (Å²) in [5.74, 6) is 1.17. The topological polar surface area (TPSA) is 75.7 Å². The molecular formula is C16H15NO4. The summed E-state index contributed by atoms with van der Waals surface area (Å²) in [4.78, 5) is 4.42. The van der Waals surface area contributed by atoms with E-state index in [4.69, 9.17) is 14.3 Å². The maximum atomic E-state index is 9.23. The van der Waals surface area contributed by atoms with E-state index < -0.39 is 6.10 Å². The van der Waals surface area contributed by atoms with Gasteiger partial charge in [-0.2, -0.15) is 0 Å². The number of rotatable bonds is 5. The second kappa shape index (κ2) is 5.95. The van der Waals surface area contributed by atoms with Crippen molar-refractivity contribution in [3.63, 3.8) is 0 Å². The summed E-state index contributed by atoms with van der Waals surface area (Å²) >= 11 is 0. The first-order valence-corrected chi connectivity index (χ1v) is 6.64. The molecule has 0 bridgehead atoms. The highest BCUT2D eigenvalue weighted by atomic mass is 16.5. The lowest BCUT2D eigenvalue weighted by molar-refractivity contribution is 0.0536. The lowest BCUT2D eigenvalue weighted by atomic mass is 10.2. The molecular weight excluding hydrogens is 270 g/mol. The van der Waals surface area contributed by atoms with Gasteiger partial charge in [0.05, 0.1) is 6.61 Å². The number of oxazole rings is 1. The van der Waals surface area contributed by atoms with Crippen LogP contribution in [0, 0.1) is 0 Å². The molecule has 2 N–H and O–H groups in total. The first-order chi connectivity index (χ1) is 10.3. The van der Waals surface area contributed by atoms with Crippen molar-refractivity contribution in [1.82, 2.24) is 4.98 Å². The molecule has 0 aliphatic rings. The molecule has 108 valence electrons. The van der Waals surface area contributed by atoms with Gasteiger partial charge in [0.2, 0.25) is 5.89 Å². The summed E-state index contributed by atoms with van der Waals surface area (Å²) in [6.45, 7) is -0.264. The molecule has 0 radical (unpaired) electrons. The Morgan fingerprint density at radius 1 is 1.10 bits per heavy atom. The van der Waals surface area contributed by atoms with Gasteiger partial charge in [-0.3, -0.25) is 0 Å². The molecule has 5 nitrogen and oxygen atoms in total. The van der Waals surface area contributed by atoms with E-state index in [-0.39, 0.29) is 13.2 Å². The van der Waals surface area contributed by atoms with Gasteiger partial charge < -0.3 is 19.4 Å². The zero-order valence-corrected chi connectivity index (χ0v) is 11.3. The van der Waals surface area contributed by atoms with Crippen LogP contribution in [0.4, 0.5) is 0 Å². The van der Waals surface area contributed by atoms with Gasteiger partial charge in [0.25, 0.3) is 0 Å². The second-order valence-electron chi connectivity index (χ2n) is 4.66. The molecule has 3 aromatic rings. The highest BCUT2D eigenvalue weighted by Gasteiger charge is 2.08. The van der Waals surface area contributed by atoms with Crippen LogP contribution in [0.5, 0.6) is 5.75 Å². The minimum Gasteiger partial charge on any atom is -0.491 e. The van der Waals surface area contributed by atoms with Gasteiger partial charge in [-0.05, 0) is 36.4 Å². The molecule has 1 heterocycles. The fourth-order valence-electron chi connectivity index (χ4n) is 1.93. The van der Waals surface area contributed by atoms with Gasteiger partial charge in [-0.1, -0.05) is 12.1 Å². The van der Waals surface area contributed by atoms with E-state index >= 15 is 0 Å². The number of nitrogens with zero attached hydrogens (tertiary/aromatic N) is 1. The number of ether oxygens (including phenoxy) is 1. The van der Waals surface area contributed by atoms with Crippen molar-refractivity contribution in [2.45, 2.75) is 6.10 Å². The van der Waals surface area contributed by atoms with Gasteiger partial charge in [0.1, 0.15) is 24.0 Å². The summed E-state index contributed by atoms with van der Waals surface area (Å²) < 4.78 is 11.0. The summed E-state index contributed by atoms with van der Waals surface area (Å²) in [7, 11) is 0. The van der Waals surface area contributed by atoms with Crippen LogP contribution in [-0.2, 0) is 0 Å². The van der Waals surface area contributed by atoms with E-state index in [1.165, 1.54) is 0 Å². The lowest BCUT2D eigenvalue weighted by Crippen LogP contribution is -2.21. The number of para-hydroxylation sites is 2. The number of aliphatic hydroxyl groups excluding tert-OH is 2. The summed E-state index contributed by atoms with van der Waals surface area (Å²) in [5.41, 5.74) is 2.42. The largest absolute Gasteiger partial charge is 0.491 e. The number of hydrogen-bond acceptors (Lipinski definition) is 5. The van der Waals surface area contributed by atoms with Crippen LogP contribution >= 0.6 is 0 Å². The normalized spacial score (nSPS) is 12.5. The predicted octanol–water partition coefficient (Wildman–Crippen LogP) is 2.23. The number of hydrogen-bond donors (Lipinski definition) is 2. The van der Waals surface area contributed by atoms with Crippen molar-refractivity contribution >= 4 is 11.1 Å². The average molecular weight is 285 g/mol. The Labute approximate surface area is 121 Å². The van der Waals surface area contributed by atoms with Crippen molar-refractivity contribution in [3.8, 4) is 17.2 Å². The highest BCUT2D eigenvalue weighted by Crippen LogP contribution is 2.25. The molecule has 1 atom stereocenters. The van der Waals surface area contributed by atoms with Gasteiger partial charge >= 0.3 is 0 Å². The molecule has 0 saturated carbocycles. The first kappa shape index (κ1) is 13.6. The SMILES string of the molecule is OCC(O)COc1ccc(-c2nc3ccccc3o2)cc1. The summed E-state index contributed by atoms with van der Waals surface area (Å²) in [5, 5.41) is 18.0. The minimum atomic E-state index is -0.873. The van der Waals surface area contributed by atoms with Gasteiger partial charge in [-0.15, -0.1) is 0 Å². The Balaban J connectivity index is 1.77. The molecule has 0 amide bonds. The third-order valence-corrected chi connectivity index (χ3v) is 3.05. The zero-order valence-electron chi connectivity index (χ0n) is 11.3. The third kappa shape index (κ3) is 3.04. The summed E-state index contributed by atoms with van der Waals surface area (Å²) in [6.07, 6.45) is -0.873. The Hall–Kier alpha value is -2.37. The smallest absolute Gasteiger partial charge is 0.227 e. The van der Waals surface area contributed by atoms with Crippen molar-refractivity contribution in [3.05, 3.63) is 48.5 Å². The molecule has 0 spiro atoms. The molecule has 1 aromatic heterocycles. The number of aliphatic hydroxyl groups is 2. The Morgan fingerprint density at radius 2 is 1.86 bits per heavy atom. The lowest BCUT2D eigenvalue weighted by Gasteiger charge is -2.09. The van der Waals surface area contributed by atoms with Gasteiger partial charge in [-0.25, -0.2) is 4.98 Å². The van der Waals surface area contributed by atoms with E-state index in [0.717, 1.165) is 16.7 Å². The van der Waals surface area contributed by atoms with Crippen molar-refractivity contribution < 1.29 is 19.4 Å². The third-order valence-electron chi connectivity index (χ3n) is 3.05. The van der Waals surface area contributed by atoms with Crippen LogP contribution < -0.4 is 4.74 Å². The van der Waals surface area contributed by atoms with Gasteiger partial charge in [0.15, 0.2) is 5.58 Å². The Bertz CT molecular complexity index is 687. The fourth-order valence-corrected chi connectivity index (χ4v) is 1.93. The van der Waals surface area contributed by atoms with Crippen molar-refractivity contribution in [2.24, 2.45) is 0 Å². The Kier molecular flexibility index (Phi) is 3.85. The number of benzene rings is 2. The fraction of sp³-hybridized carbons (Fsp3) is 0.188. The standard InChI is InChI=1S/C16H15NO4/c18-9-12(19)10-20-13-7-5-11(6-8-13)16-17-14-3-1-2-4-15(14)21-16/h1-8,12,18-19H,9-10H2. The van der Waals surface area contributed by atoms with E-state index in [1.807, 2.05) is 36.4 Å². The molecule has 21 heavy (non-hydrogen) atoms. The molecule has 2 aromatic carbocycles. The molecule has 5 heteroatoms. The maximum absolute atomic E-state index is 9.23. The quantitative estimate of drug-likeness (QED) is 0.752. The molecule has 0 aliphatic carbocycles. The Morgan fingerprint density at radius 3 is 2.57 bits per heavy atom. The van der Waals surface area contributed by atoms with E-state index in [2.05, 4.69) is 4.98 Å². The first-order valence-electron chi connectivity index (χ1n) is 6.64. The second-order valence-corrected chi connectivity index (χ2v) is 4.66. The zero-order chi connectivity index (χ0) is 14.7. The maximum Gasteiger partial charge on any atom is 0.227 e. The number of aromatic nitrogens is 1. The van der Waals surface area contributed by atoms with Crippen LogP contribution in [0.3, 0.4) is 0 Å². The monoisotopic (exact) mass is 285 g/mol. The van der Waals surface area contributed by atoms with E-state index in [9.17, 15) is 5.11 Å². The minimum absolute atomic E-state index is 0.0543.